The first-order chi connectivity index (χ1) is 11.9. The molecule has 0 unspecified atom stereocenters. The Kier molecular flexibility index (Phi) is 4.50. The predicted octanol–water partition coefficient (Wildman–Crippen LogP) is 3.79. The van der Waals surface area contributed by atoms with Crippen LogP contribution in [0.4, 0.5) is 0 Å². The van der Waals surface area contributed by atoms with E-state index >= 15 is 0 Å². The highest BCUT2D eigenvalue weighted by Crippen LogP contribution is 2.61. The molecule has 4 aliphatic rings. The van der Waals surface area contributed by atoms with E-state index in [1.807, 2.05) is 4.57 Å². The molecule has 0 aliphatic heterocycles. The lowest BCUT2D eigenvalue weighted by Crippen LogP contribution is -2.48. The zero-order chi connectivity index (χ0) is 17.6. The molecule has 1 aromatic rings. The van der Waals surface area contributed by atoms with E-state index in [1.54, 1.807) is 0 Å². The summed E-state index contributed by atoms with van der Waals surface area (Å²) in [6.07, 6.45) is 9.61. The first kappa shape index (κ1) is 17.3. The van der Waals surface area contributed by atoms with Crippen LogP contribution in [-0.4, -0.2) is 27.2 Å². The van der Waals surface area contributed by atoms with E-state index in [2.05, 4.69) is 29.4 Å². The van der Waals surface area contributed by atoms with Crippen LogP contribution in [0.1, 0.15) is 70.7 Å². The van der Waals surface area contributed by atoms with Crippen LogP contribution in [0.2, 0.25) is 0 Å². The minimum atomic E-state index is 0.229. The van der Waals surface area contributed by atoms with Gasteiger partial charge in [-0.2, -0.15) is 5.10 Å². The highest BCUT2D eigenvalue weighted by molar-refractivity contribution is 7.71. The lowest BCUT2D eigenvalue weighted by Gasteiger charge is -2.56. The van der Waals surface area contributed by atoms with Gasteiger partial charge in [0, 0.05) is 25.4 Å². The van der Waals surface area contributed by atoms with Gasteiger partial charge in [-0.1, -0.05) is 0 Å². The predicted molar refractivity (Wildman–Crippen MR) is 99.7 cm³/mol. The number of amides is 1. The van der Waals surface area contributed by atoms with Gasteiger partial charge in [-0.3, -0.25) is 9.89 Å². The summed E-state index contributed by atoms with van der Waals surface area (Å²) >= 11 is 5.28. The van der Waals surface area contributed by atoms with Crippen molar-refractivity contribution in [1.82, 2.24) is 20.1 Å². The van der Waals surface area contributed by atoms with Gasteiger partial charge in [-0.25, -0.2) is 0 Å². The van der Waals surface area contributed by atoms with Crippen LogP contribution >= 0.6 is 12.2 Å². The largest absolute Gasteiger partial charge is 0.356 e. The number of rotatable bonds is 6. The van der Waals surface area contributed by atoms with Crippen molar-refractivity contribution in [2.24, 2.45) is 23.2 Å². The van der Waals surface area contributed by atoms with Crippen molar-refractivity contribution in [1.29, 1.82) is 0 Å². The molecule has 0 radical (unpaired) electrons. The van der Waals surface area contributed by atoms with E-state index in [1.165, 1.54) is 38.5 Å². The normalized spacial score (nSPS) is 33.2. The number of carbonyl (C=O) groups is 1. The Balaban J connectivity index is 1.31. The van der Waals surface area contributed by atoms with Gasteiger partial charge in [0.1, 0.15) is 5.82 Å². The van der Waals surface area contributed by atoms with E-state index in [9.17, 15) is 4.79 Å². The zero-order valence-electron chi connectivity index (χ0n) is 15.4. The van der Waals surface area contributed by atoms with Gasteiger partial charge >= 0.3 is 0 Å². The number of nitrogens with zero attached hydrogens (tertiary/aromatic N) is 2. The Hall–Kier alpha value is -1.17. The number of aromatic amines is 1. The lowest BCUT2D eigenvalue weighted by molar-refractivity contribution is -0.129. The summed E-state index contributed by atoms with van der Waals surface area (Å²) in [4.78, 5) is 12.6. The van der Waals surface area contributed by atoms with Gasteiger partial charge < -0.3 is 9.88 Å². The fourth-order valence-electron chi connectivity index (χ4n) is 6.27. The maximum atomic E-state index is 12.6. The quantitative estimate of drug-likeness (QED) is 0.757. The topological polar surface area (TPSA) is 62.7 Å². The highest BCUT2D eigenvalue weighted by atomic mass is 32.1. The molecule has 5 nitrogen and oxygen atoms in total. The number of aromatic nitrogens is 3. The van der Waals surface area contributed by atoms with Crippen molar-refractivity contribution in [3.63, 3.8) is 0 Å². The van der Waals surface area contributed by atoms with Crippen molar-refractivity contribution in [3.8, 4) is 0 Å². The van der Waals surface area contributed by atoms with Gasteiger partial charge in [-0.05, 0) is 87.8 Å². The Morgan fingerprint density at radius 3 is 2.44 bits per heavy atom. The molecule has 4 aliphatic carbocycles. The summed E-state index contributed by atoms with van der Waals surface area (Å²) in [5.74, 6) is 3.86. The van der Waals surface area contributed by atoms with Crippen LogP contribution in [0.5, 0.6) is 0 Å². The summed E-state index contributed by atoms with van der Waals surface area (Å²) in [6.45, 7) is 4.83. The monoisotopic (exact) mass is 362 g/mol. The number of carbonyl (C=O) groups excluding carboxylic acids is 1. The third-order valence-electron chi connectivity index (χ3n) is 6.67. The second kappa shape index (κ2) is 6.53. The fourth-order valence-corrected chi connectivity index (χ4v) is 6.63. The van der Waals surface area contributed by atoms with Crippen molar-refractivity contribution in [2.75, 3.05) is 6.54 Å². The summed E-state index contributed by atoms with van der Waals surface area (Å²) in [5.41, 5.74) is 0.316. The van der Waals surface area contributed by atoms with E-state index < -0.39 is 0 Å². The average Bonchev–Trinajstić information content (AvgIpc) is 2.86. The molecule has 1 amide bonds. The summed E-state index contributed by atoms with van der Waals surface area (Å²) in [7, 11) is 0. The van der Waals surface area contributed by atoms with E-state index in [-0.39, 0.29) is 11.9 Å². The molecule has 4 bridgehead atoms. The first-order valence-corrected chi connectivity index (χ1v) is 10.3. The lowest BCUT2D eigenvalue weighted by atomic mass is 9.49. The molecular weight excluding hydrogens is 332 g/mol. The molecule has 4 fully saturated rings. The van der Waals surface area contributed by atoms with Crippen LogP contribution in [0, 0.1) is 27.9 Å². The minimum Gasteiger partial charge on any atom is -0.356 e. The molecular formula is C19H30N4OS. The van der Waals surface area contributed by atoms with E-state index in [4.69, 9.17) is 12.2 Å². The van der Waals surface area contributed by atoms with E-state index in [0.29, 0.717) is 16.7 Å². The molecule has 1 heterocycles. The SMILES string of the molecule is CC(C)n1c(CCNC(=O)CC23CC4CC(CC(C4)C2)C3)n[nH]c1=S. The molecule has 138 valence electrons. The van der Waals surface area contributed by atoms with E-state index in [0.717, 1.165) is 36.4 Å². The van der Waals surface area contributed by atoms with Crippen molar-refractivity contribution in [2.45, 2.75) is 71.3 Å². The smallest absolute Gasteiger partial charge is 0.220 e. The maximum absolute atomic E-state index is 12.6. The van der Waals surface area contributed by atoms with Gasteiger partial charge in [0.25, 0.3) is 0 Å². The fraction of sp³-hybridized carbons (Fsp3) is 0.842. The Morgan fingerprint density at radius 1 is 1.28 bits per heavy atom. The molecule has 0 atom stereocenters. The summed E-state index contributed by atoms with van der Waals surface area (Å²) in [5, 5.41) is 10.3. The second-order valence-corrected chi connectivity index (χ2v) is 9.49. The third kappa shape index (κ3) is 3.42. The second-order valence-electron chi connectivity index (χ2n) is 9.10. The van der Waals surface area contributed by atoms with Gasteiger partial charge in [0.15, 0.2) is 4.77 Å². The molecule has 5 rings (SSSR count). The molecule has 6 heteroatoms. The molecule has 0 saturated heterocycles. The minimum absolute atomic E-state index is 0.229. The van der Waals surface area contributed by atoms with Gasteiger partial charge in [0.2, 0.25) is 5.91 Å². The van der Waals surface area contributed by atoms with Gasteiger partial charge in [-0.15, -0.1) is 0 Å². The first-order valence-electron chi connectivity index (χ1n) is 9.86. The Labute approximate surface area is 155 Å². The van der Waals surface area contributed by atoms with Crippen LogP contribution in [0.3, 0.4) is 0 Å². The van der Waals surface area contributed by atoms with Gasteiger partial charge in [0.05, 0.1) is 0 Å². The average molecular weight is 363 g/mol. The Bertz CT molecular complexity index is 669. The molecule has 2 N–H and O–H groups in total. The molecule has 25 heavy (non-hydrogen) atoms. The number of nitrogens with one attached hydrogen (secondary N) is 2. The van der Waals surface area contributed by atoms with Crippen LogP contribution < -0.4 is 5.32 Å². The zero-order valence-corrected chi connectivity index (χ0v) is 16.2. The molecule has 1 aromatic heterocycles. The van der Waals surface area contributed by atoms with Crippen molar-refractivity contribution >= 4 is 18.1 Å². The number of hydrogen-bond acceptors (Lipinski definition) is 3. The molecule has 4 saturated carbocycles. The third-order valence-corrected chi connectivity index (χ3v) is 6.95. The van der Waals surface area contributed by atoms with Crippen molar-refractivity contribution in [3.05, 3.63) is 10.6 Å². The standard InChI is InChI=1S/C19H30N4OS/c1-12(2)23-16(21-22-18(23)25)3-4-20-17(24)11-19-8-13-5-14(9-19)7-15(6-13)10-19/h12-15H,3-11H2,1-2H3,(H,20,24)(H,22,25). The van der Waals surface area contributed by atoms with Crippen LogP contribution in [0.25, 0.3) is 0 Å². The Morgan fingerprint density at radius 2 is 1.88 bits per heavy atom. The van der Waals surface area contributed by atoms with Crippen LogP contribution in [0.15, 0.2) is 0 Å². The number of hydrogen-bond donors (Lipinski definition) is 2. The molecule has 0 aromatic carbocycles. The maximum Gasteiger partial charge on any atom is 0.220 e. The summed E-state index contributed by atoms with van der Waals surface area (Å²) < 4.78 is 2.69. The summed E-state index contributed by atoms with van der Waals surface area (Å²) in [6, 6.07) is 0.281. The molecule has 0 spiro atoms. The van der Waals surface area contributed by atoms with Crippen LogP contribution in [-0.2, 0) is 11.2 Å². The number of H-pyrrole nitrogens is 1. The highest BCUT2D eigenvalue weighted by Gasteiger charge is 2.51. The van der Waals surface area contributed by atoms with Crippen molar-refractivity contribution < 1.29 is 4.79 Å².